The highest BCUT2D eigenvalue weighted by Crippen LogP contribution is 2.20. The van der Waals surface area contributed by atoms with Gasteiger partial charge in [-0.2, -0.15) is 0 Å². The van der Waals surface area contributed by atoms with E-state index in [0.29, 0.717) is 0 Å². The SMILES string of the molecule is OC[C@@H](O)[C@H]1C[C@H](O)[C@H](O)[C@@H](O)O1. The van der Waals surface area contributed by atoms with E-state index in [9.17, 15) is 5.11 Å². The summed E-state index contributed by atoms with van der Waals surface area (Å²) in [5.41, 5.74) is 0. The first-order chi connectivity index (χ1) is 6.06. The highest BCUT2D eigenvalue weighted by Gasteiger charge is 2.38. The van der Waals surface area contributed by atoms with E-state index in [1.165, 1.54) is 0 Å². The van der Waals surface area contributed by atoms with Gasteiger partial charge in [-0.1, -0.05) is 0 Å². The Morgan fingerprint density at radius 1 is 1.31 bits per heavy atom. The molecule has 5 atom stereocenters. The van der Waals surface area contributed by atoms with Crippen LogP contribution in [0, 0.1) is 0 Å². The molecule has 1 aliphatic heterocycles. The quantitative estimate of drug-likeness (QED) is 0.324. The van der Waals surface area contributed by atoms with Crippen molar-refractivity contribution in [1.29, 1.82) is 0 Å². The highest BCUT2D eigenvalue weighted by atomic mass is 16.6. The maximum absolute atomic E-state index is 9.18. The molecule has 0 radical (unpaired) electrons. The van der Waals surface area contributed by atoms with Crippen molar-refractivity contribution in [2.24, 2.45) is 0 Å². The van der Waals surface area contributed by atoms with Gasteiger partial charge in [-0.3, -0.25) is 0 Å². The van der Waals surface area contributed by atoms with Crippen LogP contribution < -0.4 is 0 Å². The fourth-order valence-electron chi connectivity index (χ4n) is 1.25. The first-order valence-corrected chi connectivity index (χ1v) is 4.05. The lowest BCUT2D eigenvalue weighted by Gasteiger charge is -2.35. The second-order valence-corrected chi connectivity index (χ2v) is 3.11. The normalized spacial score (nSPS) is 43.2. The molecule has 0 bridgehead atoms. The van der Waals surface area contributed by atoms with E-state index in [2.05, 4.69) is 0 Å². The lowest BCUT2D eigenvalue weighted by atomic mass is 9.99. The lowest BCUT2D eigenvalue weighted by molar-refractivity contribution is -0.264. The van der Waals surface area contributed by atoms with Crippen LogP contribution in [0.2, 0.25) is 0 Å². The minimum atomic E-state index is -1.52. The molecule has 1 saturated heterocycles. The van der Waals surface area contributed by atoms with Gasteiger partial charge in [0.15, 0.2) is 6.29 Å². The summed E-state index contributed by atoms with van der Waals surface area (Å²) in [7, 11) is 0. The molecule has 1 fully saturated rings. The van der Waals surface area contributed by atoms with Gasteiger partial charge in [0.1, 0.15) is 12.2 Å². The smallest absolute Gasteiger partial charge is 0.183 e. The van der Waals surface area contributed by atoms with E-state index in [4.69, 9.17) is 25.2 Å². The van der Waals surface area contributed by atoms with Gasteiger partial charge in [-0.25, -0.2) is 0 Å². The standard InChI is InChI=1S/C7H14O6/c8-2-4(10)5-1-3(9)6(11)7(12)13-5/h3-12H,1-2H2/t3-,4+,5+,6-,7-/m0/s1. The first-order valence-electron chi connectivity index (χ1n) is 4.05. The molecule has 6 nitrogen and oxygen atoms in total. The predicted octanol–water partition coefficient (Wildman–Crippen LogP) is -2.83. The topological polar surface area (TPSA) is 110 Å². The molecule has 0 aromatic heterocycles. The Morgan fingerprint density at radius 2 is 1.92 bits per heavy atom. The maximum atomic E-state index is 9.18. The highest BCUT2D eigenvalue weighted by molar-refractivity contribution is 4.83. The average Bonchev–Trinajstić information content (AvgIpc) is 2.12. The van der Waals surface area contributed by atoms with Crippen LogP contribution in [0.4, 0.5) is 0 Å². The zero-order chi connectivity index (χ0) is 10.0. The van der Waals surface area contributed by atoms with E-state index in [1.807, 2.05) is 0 Å². The van der Waals surface area contributed by atoms with Crippen LogP contribution in [-0.4, -0.2) is 62.8 Å². The van der Waals surface area contributed by atoms with E-state index in [1.54, 1.807) is 0 Å². The third-order valence-electron chi connectivity index (χ3n) is 2.09. The summed E-state index contributed by atoms with van der Waals surface area (Å²) in [6.07, 6.45) is -6.04. The average molecular weight is 194 g/mol. The van der Waals surface area contributed by atoms with Crippen molar-refractivity contribution in [3.05, 3.63) is 0 Å². The molecule has 0 aromatic rings. The number of hydrogen-bond acceptors (Lipinski definition) is 6. The van der Waals surface area contributed by atoms with Gasteiger partial charge in [0, 0.05) is 6.42 Å². The summed E-state index contributed by atoms with van der Waals surface area (Å²) < 4.78 is 4.76. The van der Waals surface area contributed by atoms with Crippen molar-refractivity contribution >= 4 is 0 Å². The monoisotopic (exact) mass is 194 g/mol. The van der Waals surface area contributed by atoms with Gasteiger partial charge < -0.3 is 30.3 Å². The van der Waals surface area contributed by atoms with Crippen molar-refractivity contribution in [2.75, 3.05) is 6.61 Å². The minimum absolute atomic E-state index is 0.0139. The molecule has 6 heteroatoms. The third kappa shape index (κ3) is 2.37. The van der Waals surface area contributed by atoms with Gasteiger partial charge in [0.05, 0.1) is 18.8 Å². The van der Waals surface area contributed by atoms with E-state index in [-0.39, 0.29) is 6.42 Å². The summed E-state index contributed by atoms with van der Waals surface area (Å²) >= 11 is 0. The molecule has 78 valence electrons. The fourth-order valence-corrected chi connectivity index (χ4v) is 1.25. The third-order valence-corrected chi connectivity index (χ3v) is 2.09. The molecule has 0 aliphatic carbocycles. The zero-order valence-corrected chi connectivity index (χ0v) is 6.95. The Kier molecular flexibility index (Phi) is 3.60. The van der Waals surface area contributed by atoms with Crippen LogP contribution in [0.3, 0.4) is 0 Å². The molecule has 5 N–H and O–H groups in total. The van der Waals surface area contributed by atoms with Crippen LogP contribution in [-0.2, 0) is 4.74 Å². The molecule has 1 aliphatic rings. The fraction of sp³-hybridized carbons (Fsp3) is 1.00. The molecule has 0 spiro atoms. The van der Waals surface area contributed by atoms with Crippen molar-refractivity contribution < 1.29 is 30.3 Å². The van der Waals surface area contributed by atoms with E-state index in [0.717, 1.165) is 0 Å². The molecular formula is C7H14O6. The van der Waals surface area contributed by atoms with Crippen molar-refractivity contribution in [3.63, 3.8) is 0 Å². The molecule has 1 heterocycles. The van der Waals surface area contributed by atoms with Gasteiger partial charge >= 0.3 is 0 Å². The summed E-state index contributed by atoms with van der Waals surface area (Å²) in [6, 6.07) is 0. The van der Waals surface area contributed by atoms with E-state index < -0.39 is 37.3 Å². The van der Waals surface area contributed by atoms with Crippen molar-refractivity contribution in [2.45, 2.75) is 37.1 Å². The molecule has 0 amide bonds. The van der Waals surface area contributed by atoms with Crippen LogP contribution in [0.5, 0.6) is 0 Å². The molecule has 13 heavy (non-hydrogen) atoms. The van der Waals surface area contributed by atoms with Crippen molar-refractivity contribution in [3.8, 4) is 0 Å². The maximum Gasteiger partial charge on any atom is 0.183 e. The predicted molar refractivity (Wildman–Crippen MR) is 40.6 cm³/mol. The van der Waals surface area contributed by atoms with Gasteiger partial charge in [-0.15, -0.1) is 0 Å². The zero-order valence-electron chi connectivity index (χ0n) is 6.95. The van der Waals surface area contributed by atoms with Gasteiger partial charge in [0.25, 0.3) is 0 Å². The Hall–Kier alpha value is -0.240. The van der Waals surface area contributed by atoms with Gasteiger partial charge in [0.2, 0.25) is 0 Å². The number of rotatable bonds is 2. The van der Waals surface area contributed by atoms with Crippen molar-refractivity contribution in [1.82, 2.24) is 0 Å². The Labute approximate surface area is 75.0 Å². The second kappa shape index (κ2) is 4.32. The molecule has 0 unspecified atom stereocenters. The van der Waals surface area contributed by atoms with Gasteiger partial charge in [-0.05, 0) is 0 Å². The molecular weight excluding hydrogens is 180 g/mol. The minimum Gasteiger partial charge on any atom is -0.394 e. The lowest BCUT2D eigenvalue weighted by Crippen LogP contribution is -2.52. The van der Waals surface area contributed by atoms with Crippen LogP contribution in [0.15, 0.2) is 0 Å². The summed E-state index contributed by atoms with van der Waals surface area (Å²) in [6.45, 7) is -0.514. The van der Waals surface area contributed by atoms with Crippen LogP contribution in [0.25, 0.3) is 0 Å². The van der Waals surface area contributed by atoms with Crippen LogP contribution in [0.1, 0.15) is 6.42 Å². The van der Waals surface area contributed by atoms with E-state index >= 15 is 0 Å². The Bertz CT molecular complexity index is 151. The first kappa shape index (κ1) is 10.8. The molecule has 0 aromatic carbocycles. The number of aliphatic hydroxyl groups excluding tert-OH is 5. The summed E-state index contributed by atoms with van der Waals surface area (Å²) in [4.78, 5) is 0. The summed E-state index contributed by atoms with van der Waals surface area (Å²) in [5, 5.41) is 45.0. The Morgan fingerprint density at radius 3 is 2.38 bits per heavy atom. The largest absolute Gasteiger partial charge is 0.394 e. The Balaban J connectivity index is 2.53. The summed E-state index contributed by atoms with van der Waals surface area (Å²) in [5.74, 6) is 0. The number of aliphatic hydroxyl groups is 5. The second-order valence-electron chi connectivity index (χ2n) is 3.11. The molecule has 1 rings (SSSR count). The van der Waals surface area contributed by atoms with Crippen LogP contribution >= 0.6 is 0 Å². The number of hydrogen-bond donors (Lipinski definition) is 5. The number of ether oxygens (including phenoxy) is 1. The molecule has 0 saturated carbocycles.